The van der Waals surface area contributed by atoms with Crippen molar-refractivity contribution in [2.45, 2.75) is 181 Å². The maximum atomic E-state index is 14.4. The molecule has 0 radical (unpaired) electrons. The largest absolute Gasteiger partial charge is 0.481 e. The van der Waals surface area contributed by atoms with E-state index in [1.54, 1.807) is 71.9 Å². The molecule has 10 amide bonds. The minimum atomic E-state index is -1.80. The highest BCUT2D eigenvalue weighted by Gasteiger charge is 2.36. The summed E-state index contributed by atoms with van der Waals surface area (Å²) in [6.45, 7) is 14.1. The van der Waals surface area contributed by atoms with Crippen molar-refractivity contribution < 1.29 is 72.9 Å². The zero-order valence-electron chi connectivity index (χ0n) is 47.6. The molecular formula is C53H87N11O15S. The van der Waals surface area contributed by atoms with Gasteiger partial charge in [0.2, 0.25) is 59.1 Å². The molecule has 0 fully saturated rings. The van der Waals surface area contributed by atoms with Crippen LogP contribution in [0.5, 0.6) is 0 Å². The molecule has 0 saturated heterocycles. The van der Waals surface area contributed by atoms with Gasteiger partial charge in [0.15, 0.2) is 0 Å². The zero-order chi connectivity index (χ0) is 61.0. The Morgan fingerprint density at radius 1 is 0.487 bits per heavy atom. The van der Waals surface area contributed by atoms with Gasteiger partial charge in [0.1, 0.15) is 54.4 Å². The van der Waals surface area contributed by atoms with Gasteiger partial charge in [-0.15, -0.1) is 0 Å². The standard InChI is InChI=1S/C53H87N11O15S/c1-27(2)22-36(59-44(69)33(54)20-21-80-10)47(72)60-37(23-28(3)4)48(73)62-39(25-32-14-12-11-13-15-32)49(74)58-35(17-19-42(67)68)45(70)57-34(16-18-41(55)66)46(71)63-40(26-65)51(76)61-38(24-29(5)6)50(75)64-43(30(7)8)52(77)56-31(9)53(78)79/h11-15,27-31,33-40,43,65H,16-26,54H2,1-10H3,(H2,55,66)(H,56,77)(H,57,70)(H,58,74)(H,59,69)(H,60,72)(H,61,76)(H,62,73)(H,63,71)(H,64,75)(H,67,68)(H,78,79)/t31-,33-,34-,35-,36-,37-,38-,39-,40-,43-/m0/s1. The number of amides is 10. The van der Waals surface area contributed by atoms with E-state index in [1.165, 1.54) is 18.7 Å². The lowest BCUT2D eigenvalue weighted by Crippen LogP contribution is -2.61. The van der Waals surface area contributed by atoms with E-state index in [4.69, 9.17) is 11.5 Å². The SMILES string of the molecule is CSCC[C@H](N)C(=O)N[C@@H](CC(C)C)C(=O)N[C@@H](CC(C)C)C(=O)N[C@@H](Cc1ccccc1)C(=O)N[C@@H](CCC(=O)O)C(=O)N[C@@H](CCC(N)=O)C(=O)N[C@@H](CO)C(=O)N[C@@H](CC(C)C)C(=O)N[C@H](C(=O)N[C@@H](C)C(=O)O)C(C)C. The second kappa shape index (κ2) is 36.4. The second-order valence-electron chi connectivity index (χ2n) is 21.3. The summed E-state index contributed by atoms with van der Waals surface area (Å²) in [5, 5.41) is 51.8. The number of carbonyl (C=O) groups is 12. The summed E-state index contributed by atoms with van der Waals surface area (Å²) in [5.41, 5.74) is 12.0. The second-order valence-corrected chi connectivity index (χ2v) is 22.3. The molecule has 0 heterocycles. The molecule has 10 atom stereocenters. The Hall–Kier alpha value is -6.87. The van der Waals surface area contributed by atoms with E-state index in [1.807, 2.05) is 20.1 Å². The van der Waals surface area contributed by atoms with Crippen LogP contribution in [0.15, 0.2) is 30.3 Å². The van der Waals surface area contributed by atoms with Crippen molar-refractivity contribution in [2.75, 3.05) is 18.6 Å². The highest BCUT2D eigenvalue weighted by Crippen LogP contribution is 2.14. The van der Waals surface area contributed by atoms with Crippen LogP contribution in [0.4, 0.5) is 0 Å². The van der Waals surface area contributed by atoms with Crippen molar-refractivity contribution in [3.05, 3.63) is 35.9 Å². The highest BCUT2D eigenvalue weighted by atomic mass is 32.2. The number of rotatable bonds is 38. The molecule has 16 N–H and O–H groups in total. The van der Waals surface area contributed by atoms with Crippen LogP contribution in [-0.2, 0) is 64.0 Å². The molecule has 0 aliphatic heterocycles. The van der Waals surface area contributed by atoms with E-state index in [2.05, 4.69) is 47.9 Å². The van der Waals surface area contributed by atoms with Crippen molar-refractivity contribution in [3.63, 3.8) is 0 Å². The topological polar surface area (TPSA) is 426 Å². The summed E-state index contributed by atoms with van der Waals surface area (Å²) in [4.78, 5) is 159. The average molecular weight is 1150 g/mol. The number of carboxylic acid groups (broad SMARTS) is 2. The minimum absolute atomic E-state index is 0.0120. The number of carbonyl (C=O) groups excluding carboxylic acids is 10. The Balaban J connectivity index is 3.59. The van der Waals surface area contributed by atoms with E-state index in [0.717, 1.165) is 0 Å². The fourth-order valence-corrected chi connectivity index (χ4v) is 8.39. The van der Waals surface area contributed by atoms with Crippen molar-refractivity contribution in [1.29, 1.82) is 0 Å². The van der Waals surface area contributed by atoms with Crippen molar-refractivity contribution >= 4 is 82.8 Å². The van der Waals surface area contributed by atoms with Crippen LogP contribution in [0.2, 0.25) is 0 Å². The van der Waals surface area contributed by atoms with E-state index in [9.17, 15) is 72.9 Å². The van der Waals surface area contributed by atoms with E-state index in [0.29, 0.717) is 17.7 Å². The highest BCUT2D eigenvalue weighted by molar-refractivity contribution is 7.98. The lowest BCUT2D eigenvalue weighted by Gasteiger charge is -2.29. The number of carboxylic acids is 2. The molecule has 0 aliphatic rings. The Morgan fingerprint density at radius 3 is 1.29 bits per heavy atom. The first kappa shape index (κ1) is 71.1. The summed E-state index contributed by atoms with van der Waals surface area (Å²) >= 11 is 1.50. The first-order valence-electron chi connectivity index (χ1n) is 26.8. The van der Waals surface area contributed by atoms with Gasteiger partial charge in [-0.05, 0) is 86.7 Å². The van der Waals surface area contributed by atoms with Crippen molar-refractivity contribution in [1.82, 2.24) is 47.9 Å². The van der Waals surface area contributed by atoms with Gasteiger partial charge >= 0.3 is 11.9 Å². The molecule has 0 spiro atoms. The van der Waals surface area contributed by atoms with Crippen LogP contribution in [0.1, 0.15) is 119 Å². The monoisotopic (exact) mass is 1150 g/mol. The van der Waals surface area contributed by atoms with Crippen LogP contribution in [0.3, 0.4) is 0 Å². The molecule has 27 heteroatoms. The number of benzene rings is 1. The van der Waals surface area contributed by atoms with Gasteiger partial charge in [0.25, 0.3) is 0 Å². The predicted octanol–water partition coefficient (Wildman–Crippen LogP) is -1.31. The average Bonchev–Trinajstić information content (AvgIpc) is 3.36. The van der Waals surface area contributed by atoms with Crippen LogP contribution in [0.25, 0.3) is 0 Å². The van der Waals surface area contributed by atoms with E-state index >= 15 is 0 Å². The van der Waals surface area contributed by atoms with Gasteiger partial charge in [-0.1, -0.05) is 85.7 Å². The molecule has 0 saturated carbocycles. The first-order valence-corrected chi connectivity index (χ1v) is 28.2. The molecule has 26 nitrogen and oxygen atoms in total. The number of hydrogen-bond acceptors (Lipinski definition) is 15. The van der Waals surface area contributed by atoms with E-state index in [-0.39, 0.29) is 43.4 Å². The number of hydrogen-bond donors (Lipinski definition) is 14. The summed E-state index contributed by atoms with van der Waals surface area (Å²) in [5.74, 6) is -12.2. The third-order valence-corrected chi connectivity index (χ3v) is 12.9. The van der Waals surface area contributed by atoms with Gasteiger partial charge in [-0.25, -0.2) is 0 Å². The van der Waals surface area contributed by atoms with Gasteiger partial charge in [-0.2, -0.15) is 11.8 Å². The summed E-state index contributed by atoms with van der Waals surface area (Å²) in [6, 6.07) is -5.48. The number of aliphatic carboxylic acids is 2. The van der Waals surface area contributed by atoms with Crippen molar-refractivity contribution in [2.24, 2.45) is 35.1 Å². The summed E-state index contributed by atoms with van der Waals surface area (Å²) in [6.07, 6.45) is 0.00331. The molecule has 450 valence electrons. The molecule has 1 aromatic carbocycles. The van der Waals surface area contributed by atoms with Crippen LogP contribution < -0.4 is 59.3 Å². The number of nitrogens with one attached hydrogen (secondary N) is 9. The Labute approximate surface area is 472 Å². The van der Waals surface area contributed by atoms with Crippen LogP contribution in [-0.4, -0.2) is 165 Å². The molecule has 0 unspecified atom stereocenters. The summed E-state index contributed by atoms with van der Waals surface area (Å²) in [7, 11) is 0. The molecule has 80 heavy (non-hydrogen) atoms. The fourth-order valence-electron chi connectivity index (χ4n) is 7.90. The third-order valence-electron chi connectivity index (χ3n) is 12.3. The Bertz CT molecular complexity index is 2250. The van der Waals surface area contributed by atoms with Gasteiger partial charge in [0.05, 0.1) is 12.6 Å². The lowest BCUT2D eigenvalue weighted by atomic mass is 9.98. The van der Waals surface area contributed by atoms with Crippen LogP contribution >= 0.6 is 11.8 Å². The minimum Gasteiger partial charge on any atom is -0.481 e. The summed E-state index contributed by atoms with van der Waals surface area (Å²) < 4.78 is 0. The number of thioether (sulfide) groups is 1. The molecule has 1 rings (SSSR count). The Kier molecular flexibility index (Phi) is 32.4. The van der Waals surface area contributed by atoms with Gasteiger partial charge in [-0.3, -0.25) is 57.5 Å². The number of primary amides is 1. The smallest absolute Gasteiger partial charge is 0.325 e. The normalized spacial score (nSPS) is 15.1. The fraction of sp³-hybridized carbons (Fsp3) is 0.660. The molecule has 0 aliphatic carbocycles. The van der Waals surface area contributed by atoms with Crippen molar-refractivity contribution in [3.8, 4) is 0 Å². The molecule has 0 aromatic heterocycles. The Morgan fingerprint density at radius 2 is 0.875 bits per heavy atom. The number of aliphatic hydroxyl groups is 1. The molecule has 0 bridgehead atoms. The molecule has 1 aromatic rings. The first-order chi connectivity index (χ1) is 37.4. The predicted molar refractivity (Wildman–Crippen MR) is 297 cm³/mol. The maximum absolute atomic E-state index is 14.4. The van der Waals surface area contributed by atoms with Crippen LogP contribution in [0, 0.1) is 23.7 Å². The van der Waals surface area contributed by atoms with Gasteiger partial charge in [0, 0.05) is 19.3 Å². The lowest BCUT2D eigenvalue weighted by molar-refractivity contribution is -0.142. The molecular weight excluding hydrogens is 1060 g/mol. The quantitative estimate of drug-likeness (QED) is 0.0366. The van der Waals surface area contributed by atoms with Gasteiger partial charge < -0.3 is 74.6 Å². The third kappa shape index (κ3) is 27.3. The number of aliphatic hydroxyl groups excluding tert-OH is 1. The maximum Gasteiger partial charge on any atom is 0.325 e. The zero-order valence-corrected chi connectivity index (χ0v) is 48.4. The number of nitrogens with two attached hydrogens (primary N) is 2. The van der Waals surface area contributed by atoms with E-state index < -0.39 is 170 Å².